The number of phosphoric acid groups is 1. The lowest BCUT2D eigenvalue weighted by molar-refractivity contribution is -0.120. The Morgan fingerprint density at radius 2 is 1.40 bits per heavy atom. The van der Waals surface area contributed by atoms with Crippen LogP contribution in [-0.2, 0) is 24.8 Å². The Morgan fingerprint density at radius 1 is 0.825 bits per heavy atom. The molecule has 0 heterocycles. The zero-order chi connectivity index (χ0) is 29.5. The van der Waals surface area contributed by atoms with E-state index in [1.54, 1.807) is 0 Å². The predicted molar refractivity (Wildman–Crippen MR) is 165 cm³/mol. The summed E-state index contributed by atoms with van der Waals surface area (Å²) >= 11 is 0. The van der Waals surface area contributed by atoms with Crippen LogP contribution in [0.1, 0.15) is 116 Å². The summed E-state index contributed by atoms with van der Waals surface area (Å²) in [6, 6.07) is 7.92. The van der Waals surface area contributed by atoms with Gasteiger partial charge in [0, 0.05) is 19.4 Å². The molecule has 1 aromatic rings. The molecular weight excluding hydrogens is 525 g/mol. The maximum absolute atomic E-state index is 12.3. The van der Waals surface area contributed by atoms with Crippen LogP contribution in [0, 0.1) is 5.92 Å². The number of Topliss-reactive ketones (excluding diaryl/α,β-unsaturated/α-hetero) is 1. The summed E-state index contributed by atoms with van der Waals surface area (Å²) in [5.41, 5.74) is 1.04. The van der Waals surface area contributed by atoms with Gasteiger partial charge in [0.25, 0.3) is 0 Å². The van der Waals surface area contributed by atoms with Crippen molar-refractivity contribution in [1.29, 1.82) is 0 Å². The molecule has 1 aromatic carbocycles. The number of likely N-dealkylation sites (N-methyl/N-ethyl adjacent to an activating group) is 1. The van der Waals surface area contributed by atoms with Crippen LogP contribution in [0.15, 0.2) is 24.3 Å². The normalized spacial score (nSPS) is 13.8. The average molecular weight is 584 g/mol. The van der Waals surface area contributed by atoms with Crippen LogP contribution >= 0.6 is 7.82 Å². The third-order valence-electron chi connectivity index (χ3n) is 7.03. The zero-order valence-electron chi connectivity index (χ0n) is 25.9. The number of phosphoric ester groups is 1. The van der Waals surface area contributed by atoms with Gasteiger partial charge in [0.2, 0.25) is 0 Å². The predicted octanol–water partition coefficient (Wildman–Crippen LogP) is 8.38. The van der Waals surface area contributed by atoms with Gasteiger partial charge in [-0.15, -0.1) is 0 Å². The van der Waals surface area contributed by atoms with Gasteiger partial charge in [-0.25, -0.2) is 4.57 Å². The molecule has 0 aliphatic carbocycles. The summed E-state index contributed by atoms with van der Waals surface area (Å²) in [4.78, 5) is 24.2. The minimum atomic E-state index is -4.17. The van der Waals surface area contributed by atoms with E-state index in [1.165, 1.54) is 70.6 Å². The monoisotopic (exact) mass is 583 g/mol. The molecule has 7 nitrogen and oxygen atoms in total. The fourth-order valence-corrected chi connectivity index (χ4v) is 5.44. The van der Waals surface area contributed by atoms with E-state index in [4.69, 9.17) is 13.8 Å². The lowest BCUT2D eigenvalue weighted by atomic mass is 9.94. The van der Waals surface area contributed by atoms with Gasteiger partial charge in [0.05, 0.1) is 19.8 Å². The van der Waals surface area contributed by atoms with Crippen molar-refractivity contribution >= 4 is 13.6 Å². The number of unbranched alkanes of at least 4 members (excludes halogenated alkanes) is 11. The van der Waals surface area contributed by atoms with Crippen LogP contribution in [0.2, 0.25) is 0 Å². The summed E-state index contributed by atoms with van der Waals surface area (Å²) in [6.07, 6.45) is 18.1. The molecule has 40 heavy (non-hydrogen) atoms. The molecular formula is C32H58NO6P. The van der Waals surface area contributed by atoms with Gasteiger partial charge in [-0.05, 0) is 57.0 Å². The molecule has 0 fully saturated rings. The van der Waals surface area contributed by atoms with E-state index in [2.05, 4.69) is 6.92 Å². The highest BCUT2D eigenvalue weighted by Gasteiger charge is 2.24. The largest absolute Gasteiger partial charge is 0.494 e. The van der Waals surface area contributed by atoms with E-state index >= 15 is 0 Å². The van der Waals surface area contributed by atoms with Crippen molar-refractivity contribution in [2.45, 2.75) is 117 Å². The number of nitrogens with zero attached hydrogens (tertiary/aromatic N) is 1. The zero-order valence-corrected chi connectivity index (χ0v) is 26.8. The second-order valence-corrected chi connectivity index (χ2v) is 12.8. The van der Waals surface area contributed by atoms with Crippen molar-refractivity contribution in [2.24, 2.45) is 5.92 Å². The van der Waals surface area contributed by atoms with Crippen molar-refractivity contribution in [3.63, 3.8) is 0 Å². The Bertz CT molecular complexity index is 801. The van der Waals surface area contributed by atoms with E-state index in [0.29, 0.717) is 25.8 Å². The molecule has 0 bridgehead atoms. The first-order valence-electron chi connectivity index (χ1n) is 15.8. The molecule has 0 aliphatic heterocycles. The molecule has 0 aliphatic rings. The molecule has 1 N–H and O–H groups in total. The van der Waals surface area contributed by atoms with Crippen LogP contribution in [-0.4, -0.2) is 56.0 Å². The molecule has 0 aromatic heterocycles. The fraction of sp³-hybridized carbons (Fsp3) is 0.781. The van der Waals surface area contributed by atoms with Gasteiger partial charge >= 0.3 is 7.82 Å². The Kier molecular flexibility index (Phi) is 21.5. The highest BCUT2D eigenvalue weighted by Crippen LogP contribution is 2.43. The average Bonchev–Trinajstić information content (AvgIpc) is 2.90. The second kappa shape index (κ2) is 23.3. The Labute approximate surface area is 245 Å². The van der Waals surface area contributed by atoms with E-state index in [-0.39, 0.29) is 24.9 Å². The lowest BCUT2D eigenvalue weighted by Crippen LogP contribution is -2.19. The van der Waals surface area contributed by atoms with Gasteiger partial charge in [-0.3, -0.25) is 13.8 Å². The fourth-order valence-electron chi connectivity index (χ4n) is 4.66. The van der Waals surface area contributed by atoms with Crippen LogP contribution in [0.4, 0.5) is 0 Å². The Balaban J connectivity index is 2.34. The van der Waals surface area contributed by atoms with Crippen molar-refractivity contribution in [2.75, 3.05) is 40.5 Å². The molecule has 0 amide bonds. The Morgan fingerprint density at radius 3 is 1.95 bits per heavy atom. The number of hydrogen-bond donors (Lipinski definition) is 1. The smallest absolute Gasteiger partial charge is 0.472 e. The molecule has 0 radical (unpaired) electrons. The van der Waals surface area contributed by atoms with Crippen molar-refractivity contribution in [3.05, 3.63) is 29.8 Å². The van der Waals surface area contributed by atoms with Gasteiger partial charge in [0.1, 0.15) is 11.5 Å². The molecule has 232 valence electrons. The topological polar surface area (TPSA) is 85.3 Å². The first-order chi connectivity index (χ1) is 19.3. The first kappa shape index (κ1) is 36.8. The van der Waals surface area contributed by atoms with E-state index in [0.717, 1.165) is 30.8 Å². The van der Waals surface area contributed by atoms with E-state index in [9.17, 15) is 14.3 Å². The van der Waals surface area contributed by atoms with Crippen LogP contribution in [0.3, 0.4) is 0 Å². The van der Waals surface area contributed by atoms with Crippen LogP contribution in [0.5, 0.6) is 5.75 Å². The second-order valence-electron chi connectivity index (χ2n) is 11.3. The molecule has 0 saturated heterocycles. The van der Waals surface area contributed by atoms with Crippen LogP contribution < -0.4 is 4.74 Å². The third kappa shape index (κ3) is 20.6. The van der Waals surface area contributed by atoms with Gasteiger partial charge in [-0.2, -0.15) is 0 Å². The van der Waals surface area contributed by atoms with E-state index < -0.39 is 7.82 Å². The number of hydrogen-bond acceptors (Lipinski definition) is 6. The third-order valence-corrected chi connectivity index (χ3v) is 8.01. The standard InChI is InChI=1S/C32H58NO6P/c1-5-7-8-9-10-11-12-13-14-15-16-17-24-37-32-21-19-29(20-22-32)26-30(27-31(34)18-6-2)28-39-40(35,36)38-25-23-33(3)4/h19-22,30H,5-18,23-28H2,1-4H3,(H,35,36). The summed E-state index contributed by atoms with van der Waals surface area (Å²) in [7, 11) is -0.448. The molecule has 2 unspecified atom stereocenters. The van der Waals surface area contributed by atoms with Gasteiger partial charge < -0.3 is 14.5 Å². The molecule has 1 rings (SSSR count). The van der Waals surface area contributed by atoms with E-state index in [1.807, 2.05) is 50.2 Å². The number of ketones is 1. The van der Waals surface area contributed by atoms with Crippen molar-refractivity contribution in [1.82, 2.24) is 4.90 Å². The summed E-state index contributed by atoms with van der Waals surface area (Å²) in [5, 5.41) is 0. The number of carbonyl (C=O) groups excluding carboxylic acids is 1. The number of carbonyl (C=O) groups is 1. The maximum Gasteiger partial charge on any atom is 0.472 e. The first-order valence-corrected chi connectivity index (χ1v) is 17.2. The van der Waals surface area contributed by atoms with Crippen molar-refractivity contribution < 1.29 is 28.0 Å². The number of rotatable bonds is 27. The summed E-state index contributed by atoms with van der Waals surface area (Å²) in [6.45, 7) is 5.56. The number of ether oxygens (including phenoxy) is 1. The highest BCUT2D eigenvalue weighted by molar-refractivity contribution is 7.47. The summed E-state index contributed by atoms with van der Waals surface area (Å²) in [5.74, 6) is 0.778. The highest BCUT2D eigenvalue weighted by atomic mass is 31.2. The van der Waals surface area contributed by atoms with Gasteiger partial charge in [0.15, 0.2) is 0 Å². The molecule has 2 atom stereocenters. The SMILES string of the molecule is CCCCCCCCCCCCCCOc1ccc(CC(COP(=O)(O)OCCN(C)C)CC(=O)CCC)cc1. The molecule has 0 saturated carbocycles. The Hall–Kier alpha value is -1.24. The summed E-state index contributed by atoms with van der Waals surface area (Å²) < 4.78 is 28.5. The lowest BCUT2D eigenvalue weighted by Gasteiger charge is -2.19. The maximum atomic E-state index is 12.3. The van der Waals surface area contributed by atoms with Crippen molar-refractivity contribution in [3.8, 4) is 5.75 Å². The quantitative estimate of drug-likeness (QED) is 0.0822. The van der Waals surface area contributed by atoms with Gasteiger partial charge in [-0.1, -0.05) is 96.6 Å². The minimum absolute atomic E-state index is 0.0115. The molecule has 8 heteroatoms. The minimum Gasteiger partial charge on any atom is -0.494 e. The van der Waals surface area contributed by atoms with Crippen LogP contribution in [0.25, 0.3) is 0 Å². The number of benzene rings is 1. The molecule has 0 spiro atoms.